The molecule has 0 fully saturated rings. The third-order valence-electron chi connectivity index (χ3n) is 4.03. The van der Waals surface area contributed by atoms with Gasteiger partial charge in [-0.2, -0.15) is 10.5 Å². The van der Waals surface area contributed by atoms with Crippen molar-refractivity contribution in [3.63, 3.8) is 0 Å². The van der Waals surface area contributed by atoms with Crippen molar-refractivity contribution >= 4 is 27.8 Å². The number of hydrogen-bond acceptors (Lipinski definition) is 6. The zero-order valence-corrected chi connectivity index (χ0v) is 15.7. The van der Waals surface area contributed by atoms with Crippen LogP contribution < -0.4 is 4.74 Å². The summed E-state index contributed by atoms with van der Waals surface area (Å²) in [6.07, 6.45) is 1.64. The van der Waals surface area contributed by atoms with Crippen molar-refractivity contribution < 1.29 is 14.6 Å². The number of carbonyl (C=O) groups is 1. The molecule has 1 N–H and O–H groups in total. The standard InChI is InChI=1S/C20H14BrN3O3/c21-14-3-1-2-13(10-14)11-18-19(26)15-4-5-17(25)16(20(15)27-18)12-24(8-6-22)9-7-23/h1-5,10-11,25H,8-9,12H2. The minimum Gasteiger partial charge on any atom is -0.507 e. The number of benzene rings is 2. The Balaban J connectivity index is 1.96. The maximum absolute atomic E-state index is 12.7. The molecule has 0 unspecified atom stereocenters. The Kier molecular flexibility index (Phi) is 5.56. The summed E-state index contributed by atoms with van der Waals surface area (Å²) in [6, 6.07) is 14.3. The molecule has 2 aromatic rings. The number of halogens is 1. The summed E-state index contributed by atoms with van der Waals surface area (Å²) in [5.74, 6) is 0.0914. The SMILES string of the molecule is N#CCN(CC#N)Cc1c(O)ccc2c1OC(=Cc1cccc(Br)c1)C2=O. The van der Waals surface area contributed by atoms with Crippen LogP contribution in [0.4, 0.5) is 0 Å². The molecule has 0 saturated heterocycles. The molecule has 0 spiro atoms. The maximum Gasteiger partial charge on any atom is 0.231 e. The van der Waals surface area contributed by atoms with Gasteiger partial charge in [-0.1, -0.05) is 28.1 Å². The van der Waals surface area contributed by atoms with Crippen LogP contribution in [0.3, 0.4) is 0 Å². The first kappa shape index (κ1) is 18.7. The van der Waals surface area contributed by atoms with E-state index in [1.54, 1.807) is 11.0 Å². The van der Waals surface area contributed by atoms with Crippen LogP contribution >= 0.6 is 15.9 Å². The number of allylic oxidation sites excluding steroid dienone is 1. The number of rotatable bonds is 5. The molecule has 1 aliphatic heterocycles. The van der Waals surface area contributed by atoms with Gasteiger partial charge in [0.25, 0.3) is 0 Å². The first-order chi connectivity index (χ1) is 13.0. The zero-order chi connectivity index (χ0) is 19.4. The number of ketones is 1. The van der Waals surface area contributed by atoms with E-state index in [2.05, 4.69) is 15.9 Å². The highest BCUT2D eigenvalue weighted by molar-refractivity contribution is 9.10. The first-order valence-electron chi connectivity index (χ1n) is 8.04. The molecule has 0 bridgehead atoms. The maximum atomic E-state index is 12.7. The summed E-state index contributed by atoms with van der Waals surface area (Å²) in [7, 11) is 0. The molecule has 6 nitrogen and oxygen atoms in total. The van der Waals surface area contributed by atoms with Crippen LogP contribution in [0.2, 0.25) is 0 Å². The first-order valence-corrected chi connectivity index (χ1v) is 8.83. The number of fused-ring (bicyclic) bond motifs is 1. The van der Waals surface area contributed by atoms with Gasteiger partial charge in [0, 0.05) is 11.0 Å². The van der Waals surface area contributed by atoms with Gasteiger partial charge in [0.2, 0.25) is 5.78 Å². The molecular weight excluding hydrogens is 410 g/mol. The molecule has 0 radical (unpaired) electrons. The minimum absolute atomic E-state index is 0.0192. The lowest BCUT2D eigenvalue weighted by Gasteiger charge is -2.17. The molecule has 0 amide bonds. The van der Waals surface area contributed by atoms with Crippen molar-refractivity contribution in [2.24, 2.45) is 0 Å². The van der Waals surface area contributed by atoms with Crippen LogP contribution in [0.1, 0.15) is 21.5 Å². The second-order valence-electron chi connectivity index (χ2n) is 5.90. The van der Waals surface area contributed by atoms with Crippen molar-refractivity contribution in [3.8, 4) is 23.6 Å². The highest BCUT2D eigenvalue weighted by Gasteiger charge is 2.31. The van der Waals surface area contributed by atoms with E-state index < -0.39 is 0 Å². The van der Waals surface area contributed by atoms with Crippen molar-refractivity contribution in [1.29, 1.82) is 10.5 Å². The fourth-order valence-corrected chi connectivity index (χ4v) is 3.21. The molecule has 134 valence electrons. The number of ether oxygens (including phenoxy) is 1. The van der Waals surface area contributed by atoms with Gasteiger partial charge < -0.3 is 9.84 Å². The Morgan fingerprint density at radius 1 is 1.19 bits per heavy atom. The van der Waals surface area contributed by atoms with E-state index in [0.717, 1.165) is 10.0 Å². The van der Waals surface area contributed by atoms with Gasteiger partial charge in [0.15, 0.2) is 5.76 Å². The number of Topliss-reactive ketones (excluding diaryl/α,β-unsaturated/α-hetero) is 1. The van der Waals surface area contributed by atoms with Crippen LogP contribution in [-0.2, 0) is 6.54 Å². The number of nitrogens with zero attached hydrogens (tertiary/aromatic N) is 3. The Labute approximate surface area is 164 Å². The number of phenols is 1. The second-order valence-corrected chi connectivity index (χ2v) is 6.81. The number of carbonyl (C=O) groups excluding carboxylic acids is 1. The minimum atomic E-state index is -0.279. The number of nitriles is 2. The average molecular weight is 424 g/mol. The van der Waals surface area contributed by atoms with Gasteiger partial charge in [-0.25, -0.2) is 0 Å². The highest BCUT2D eigenvalue weighted by atomic mass is 79.9. The van der Waals surface area contributed by atoms with Crippen molar-refractivity contribution in [2.75, 3.05) is 13.1 Å². The molecule has 1 aliphatic rings. The smallest absolute Gasteiger partial charge is 0.231 e. The van der Waals surface area contributed by atoms with E-state index in [0.29, 0.717) is 11.1 Å². The number of hydrogen-bond donors (Lipinski definition) is 1. The van der Waals surface area contributed by atoms with Gasteiger partial charge in [-0.3, -0.25) is 9.69 Å². The number of aromatic hydroxyl groups is 1. The summed E-state index contributed by atoms with van der Waals surface area (Å²) < 4.78 is 6.65. The third kappa shape index (κ3) is 4.01. The summed E-state index contributed by atoms with van der Waals surface area (Å²) in [5, 5.41) is 28.1. The Morgan fingerprint density at radius 3 is 2.59 bits per heavy atom. The normalized spacial score (nSPS) is 13.9. The fraction of sp³-hybridized carbons (Fsp3) is 0.150. The molecular formula is C20H14BrN3O3. The Hall–Kier alpha value is -3.13. The molecule has 27 heavy (non-hydrogen) atoms. The van der Waals surface area contributed by atoms with E-state index in [1.165, 1.54) is 12.1 Å². The molecule has 2 aromatic carbocycles. The quantitative estimate of drug-likeness (QED) is 0.582. The summed E-state index contributed by atoms with van der Waals surface area (Å²) in [5.41, 5.74) is 1.52. The summed E-state index contributed by atoms with van der Waals surface area (Å²) >= 11 is 3.39. The van der Waals surface area contributed by atoms with Gasteiger partial charge in [0.05, 0.1) is 36.4 Å². The monoisotopic (exact) mass is 423 g/mol. The fourth-order valence-electron chi connectivity index (χ4n) is 2.79. The third-order valence-corrected chi connectivity index (χ3v) is 4.53. The van der Waals surface area contributed by atoms with Crippen molar-refractivity contribution in [2.45, 2.75) is 6.54 Å². The van der Waals surface area contributed by atoms with E-state index in [1.807, 2.05) is 36.4 Å². The van der Waals surface area contributed by atoms with Gasteiger partial charge in [-0.05, 0) is 35.9 Å². The molecule has 0 atom stereocenters. The Bertz CT molecular complexity index is 1000. The van der Waals surface area contributed by atoms with Crippen LogP contribution in [0, 0.1) is 22.7 Å². The lowest BCUT2D eigenvalue weighted by atomic mass is 10.0. The predicted molar refractivity (Wildman–Crippen MR) is 102 cm³/mol. The average Bonchev–Trinajstić information content (AvgIpc) is 2.94. The van der Waals surface area contributed by atoms with Crippen LogP contribution in [0.5, 0.6) is 11.5 Å². The van der Waals surface area contributed by atoms with Crippen molar-refractivity contribution in [1.82, 2.24) is 4.90 Å². The predicted octanol–water partition coefficient (Wildman–Crippen LogP) is 3.62. The molecule has 3 rings (SSSR count). The van der Waals surface area contributed by atoms with Gasteiger partial charge >= 0.3 is 0 Å². The van der Waals surface area contributed by atoms with Crippen molar-refractivity contribution in [3.05, 3.63) is 63.3 Å². The Morgan fingerprint density at radius 2 is 1.93 bits per heavy atom. The van der Waals surface area contributed by atoms with E-state index in [4.69, 9.17) is 15.3 Å². The van der Waals surface area contributed by atoms with E-state index in [-0.39, 0.29) is 42.7 Å². The number of phenolic OH excluding ortho intramolecular Hbond substituents is 1. The lowest BCUT2D eigenvalue weighted by Crippen LogP contribution is -2.24. The summed E-state index contributed by atoms with van der Waals surface area (Å²) in [4.78, 5) is 14.2. The second kappa shape index (κ2) is 8.05. The largest absolute Gasteiger partial charge is 0.507 e. The lowest BCUT2D eigenvalue weighted by molar-refractivity contribution is 0.101. The molecule has 0 aromatic heterocycles. The molecule has 0 aliphatic carbocycles. The van der Waals surface area contributed by atoms with E-state index in [9.17, 15) is 9.90 Å². The van der Waals surface area contributed by atoms with E-state index >= 15 is 0 Å². The zero-order valence-electron chi connectivity index (χ0n) is 14.1. The van der Waals surface area contributed by atoms with Crippen LogP contribution in [0.25, 0.3) is 6.08 Å². The highest BCUT2D eigenvalue weighted by Crippen LogP contribution is 2.40. The summed E-state index contributed by atoms with van der Waals surface area (Å²) in [6.45, 7) is 0.157. The van der Waals surface area contributed by atoms with Crippen LogP contribution in [-0.4, -0.2) is 28.9 Å². The van der Waals surface area contributed by atoms with Crippen LogP contribution in [0.15, 0.2) is 46.6 Å². The molecule has 0 saturated carbocycles. The topological polar surface area (TPSA) is 97.3 Å². The molecule has 7 heteroatoms. The molecule has 1 heterocycles. The van der Waals surface area contributed by atoms with Gasteiger partial charge in [0.1, 0.15) is 11.5 Å². The van der Waals surface area contributed by atoms with Gasteiger partial charge in [-0.15, -0.1) is 0 Å².